The lowest BCUT2D eigenvalue weighted by atomic mass is 10.0. The maximum absolute atomic E-state index is 12.7. The molecule has 0 N–H and O–H groups in total. The van der Waals surface area contributed by atoms with Crippen LogP contribution in [0.1, 0.15) is 16.7 Å². The van der Waals surface area contributed by atoms with Crippen molar-refractivity contribution in [3.05, 3.63) is 71.0 Å². The Labute approximate surface area is 153 Å². The maximum Gasteiger partial charge on any atom is 0.416 e. The zero-order valence-electron chi connectivity index (χ0n) is 13.9. The molecule has 0 bridgehead atoms. The van der Waals surface area contributed by atoms with Crippen LogP contribution in [0.5, 0.6) is 0 Å². The van der Waals surface area contributed by atoms with Crippen LogP contribution in [-0.2, 0) is 30.0 Å². The van der Waals surface area contributed by atoms with Gasteiger partial charge in [0.1, 0.15) is 10.5 Å². The quantitative estimate of drug-likeness (QED) is 0.580. The van der Waals surface area contributed by atoms with Crippen molar-refractivity contribution in [3.63, 3.8) is 0 Å². The first-order valence-electron chi connectivity index (χ1n) is 7.67. The van der Waals surface area contributed by atoms with Crippen LogP contribution < -0.4 is 0 Å². The summed E-state index contributed by atoms with van der Waals surface area (Å²) in [6.45, 7) is 1.35. The van der Waals surface area contributed by atoms with Gasteiger partial charge in [0.25, 0.3) is 0 Å². The summed E-state index contributed by atoms with van der Waals surface area (Å²) < 4.78 is 72.7. The van der Waals surface area contributed by atoms with E-state index in [0.29, 0.717) is 0 Å². The molecule has 0 saturated heterocycles. The molecule has 1 heterocycles. The molecule has 0 atom stereocenters. The molecule has 0 spiro atoms. The number of ether oxygens (including phenoxy) is 1. The number of esters is 1. The molecular weight excluding hydrogens is 385 g/mol. The van der Waals surface area contributed by atoms with E-state index in [4.69, 9.17) is 8.92 Å². The van der Waals surface area contributed by atoms with E-state index >= 15 is 0 Å². The Bertz CT molecular complexity index is 1000. The van der Waals surface area contributed by atoms with E-state index in [-0.39, 0.29) is 21.8 Å². The Hall–Kier alpha value is -2.81. The largest absolute Gasteiger partial charge is 0.454 e. The van der Waals surface area contributed by atoms with E-state index in [1.165, 1.54) is 12.1 Å². The molecule has 0 fully saturated rings. The summed E-state index contributed by atoms with van der Waals surface area (Å²) in [4.78, 5) is 11.8. The van der Waals surface area contributed by atoms with Crippen LogP contribution in [-0.4, -0.2) is 21.0 Å². The standard InChI is InChI=1S/C18H13F3O5S/c1-11-2-8-14(9-3-11)27(23,24)26-15-10-25-17(22)16(15)12-4-6-13(7-5-12)18(19,20)21/h2-9H,10H2,1H3. The Kier molecular flexibility index (Phi) is 4.73. The zero-order valence-corrected chi connectivity index (χ0v) is 14.7. The Balaban J connectivity index is 1.96. The van der Waals surface area contributed by atoms with E-state index in [0.717, 1.165) is 29.8 Å². The molecule has 2 aromatic carbocycles. The minimum absolute atomic E-state index is 0.0691. The van der Waals surface area contributed by atoms with Gasteiger partial charge in [0, 0.05) is 0 Å². The molecule has 0 saturated carbocycles. The van der Waals surface area contributed by atoms with Crippen LogP contribution >= 0.6 is 0 Å². The summed E-state index contributed by atoms with van der Waals surface area (Å²) in [7, 11) is -4.23. The van der Waals surface area contributed by atoms with Gasteiger partial charge in [-0.15, -0.1) is 0 Å². The molecule has 2 aromatic rings. The average Bonchev–Trinajstić information content (AvgIpc) is 2.94. The SMILES string of the molecule is Cc1ccc(S(=O)(=O)OC2=C(c3ccc(C(F)(F)F)cc3)C(=O)OC2)cc1. The molecule has 0 amide bonds. The number of benzene rings is 2. The van der Waals surface area contributed by atoms with Gasteiger partial charge in [-0.2, -0.15) is 21.6 Å². The second-order valence-corrected chi connectivity index (χ2v) is 7.35. The first kappa shape index (κ1) is 19.0. The van der Waals surface area contributed by atoms with Gasteiger partial charge in [-0.3, -0.25) is 0 Å². The predicted molar refractivity (Wildman–Crippen MR) is 88.8 cm³/mol. The molecule has 0 unspecified atom stereocenters. The minimum Gasteiger partial charge on any atom is -0.454 e. The van der Waals surface area contributed by atoms with Crippen LogP contribution in [0.4, 0.5) is 13.2 Å². The number of cyclic esters (lactones) is 1. The molecule has 5 nitrogen and oxygen atoms in total. The first-order valence-corrected chi connectivity index (χ1v) is 9.08. The molecule has 9 heteroatoms. The topological polar surface area (TPSA) is 69.7 Å². The van der Waals surface area contributed by atoms with Gasteiger partial charge in [-0.05, 0) is 36.8 Å². The summed E-state index contributed by atoms with van der Waals surface area (Å²) in [5.41, 5.74) is -0.204. The monoisotopic (exact) mass is 398 g/mol. The highest BCUT2D eigenvalue weighted by Gasteiger charge is 2.34. The highest BCUT2D eigenvalue weighted by atomic mass is 32.2. The second kappa shape index (κ2) is 6.73. The summed E-state index contributed by atoms with van der Waals surface area (Å²) in [5, 5.41) is 0. The average molecular weight is 398 g/mol. The molecule has 1 aliphatic heterocycles. The van der Waals surface area contributed by atoms with Gasteiger partial charge in [0.2, 0.25) is 0 Å². The molecular formula is C18H13F3O5S. The lowest BCUT2D eigenvalue weighted by molar-refractivity contribution is -0.137. The Morgan fingerprint density at radius 3 is 2.15 bits per heavy atom. The number of hydrogen-bond donors (Lipinski definition) is 0. The van der Waals surface area contributed by atoms with Crippen molar-refractivity contribution < 1.29 is 35.3 Å². The summed E-state index contributed by atoms with van der Waals surface area (Å²) in [6.07, 6.45) is -4.53. The highest BCUT2D eigenvalue weighted by Crippen LogP contribution is 2.33. The number of rotatable bonds is 4. The third-order valence-electron chi connectivity index (χ3n) is 3.84. The highest BCUT2D eigenvalue weighted by molar-refractivity contribution is 7.86. The van der Waals surface area contributed by atoms with Crippen molar-refractivity contribution in [3.8, 4) is 0 Å². The lowest BCUT2D eigenvalue weighted by Gasteiger charge is -2.10. The van der Waals surface area contributed by atoms with Crippen molar-refractivity contribution in [2.45, 2.75) is 18.0 Å². The fraction of sp³-hybridized carbons (Fsp3) is 0.167. The van der Waals surface area contributed by atoms with E-state index in [1.807, 2.05) is 0 Å². The maximum atomic E-state index is 12.7. The van der Waals surface area contributed by atoms with Gasteiger partial charge in [0.15, 0.2) is 12.4 Å². The number of carbonyl (C=O) groups excluding carboxylic acids is 1. The normalized spacial score (nSPS) is 15.0. The smallest absolute Gasteiger partial charge is 0.416 e. The van der Waals surface area contributed by atoms with Crippen molar-refractivity contribution in [1.29, 1.82) is 0 Å². The molecule has 3 rings (SSSR count). The van der Waals surface area contributed by atoms with Gasteiger partial charge < -0.3 is 8.92 Å². The summed E-state index contributed by atoms with van der Waals surface area (Å²) >= 11 is 0. The van der Waals surface area contributed by atoms with Gasteiger partial charge in [-0.1, -0.05) is 29.8 Å². The molecule has 0 aromatic heterocycles. The van der Waals surface area contributed by atoms with Crippen LogP contribution in [0.25, 0.3) is 5.57 Å². The third kappa shape index (κ3) is 3.97. The summed E-state index contributed by atoms with van der Waals surface area (Å²) in [5.74, 6) is -1.15. The number of halogens is 3. The van der Waals surface area contributed by atoms with E-state index in [1.54, 1.807) is 19.1 Å². The van der Waals surface area contributed by atoms with Crippen molar-refractivity contribution in [1.82, 2.24) is 0 Å². The third-order valence-corrected chi connectivity index (χ3v) is 5.11. The first-order chi connectivity index (χ1) is 12.6. The number of hydrogen-bond acceptors (Lipinski definition) is 5. The van der Waals surface area contributed by atoms with Gasteiger partial charge in [0.05, 0.1) is 5.56 Å². The van der Waals surface area contributed by atoms with Crippen LogP contribution in [0.3, 0.4) is 0 Å². The second-order valence-electron chi connectivity index (χ2n) is 5.80. The fourth-order valence-electron chi connectivity index (χ4n) is 2.45. The van der Waals surface area contributed by atoms with Crippen LogP contribution in [0.15, 0.2) is 59.2 Å². The molecule has 1 aliphatic rings. The van der Waals surface area contributed by atoms with Gasteiger partial charge >= 0.3 is 22.3 Å². The minimum atomic E-state index is -4.53. The molecule has 0 aliphatic carbocycles. The van der Waals surface area contributed by atoms with E-state index in [9.17, 15) is 26.4 Å². The van der Waals surface area contributed by atoms with E-state index in [2.05, 4.69) is 0 Å². The Morgan fingerprint density at radius 2 is 1.59 bits per heavy atom. The lowest BCUT2D eigenvalue weighted by Crippen LogP contribution is -2.08. The van der Waals surface area contributed by atoms with Crippen molar-refractivity contribution >= 4 is 21.7 Å². The number of alkyl halides is 3. The zero-order chi connectivity index (χ0) is 19.8. The molecule has 27 heavy (non-hydrogen) atoms. The molecule has 0 radical (unpaired) electrons. The number of aryl methyl sites for hydroxylation is 1. The fourth-order valence-corrected chi connectivity index (χ4v) is 3.41. The molecule has 142 valence electrons. The predicted octanol–water partition coefficient (Wildman–Crippen LogP) is 3.69. The Morgan fingerprint density at radius 1 is 1.00 bits per heavy atom. The van der Waals surface area contributed by atoms with Crippen LogP contribution in [0.2, 0.25) is 0 Å². The van der Waals surface area contributed by atoms with Crippen molar-refractivity contribution in [2.75, 3.05) is 6.61 Å². The summed E-state index contributed by atoms with van der Waals surface area (Å²) in [6, 6.07) is 9.57. The van der Waals surface area contributed by atoms with Crippen molar-refractivity contribution in [2.24, 2.45) is 0 Å². The van der Waals surface area contributed by atoms with E-state index < -0.39 is 34.4 Å². The number of carbonyl (C=O) groups is 1. The van der Waals surface area contributed by atoms with Gasteiger partial charge in [-0.25, -0.2) is 4.79 Å². The van der Waals surface area contributed by atoms with Crippen LogP contribution in [0, 0.1) is 6.92 Å².